The number of nitrogens with zero attached hydrogens (tertiary/aromatic N) is 5. The van der Waals surface area contributed by atoms with Crippen LogP contribution in [-0.2, 0) is 9.53 Å². The van der Waals surface area contributed by atoms with Gasteiger partial charge < -0.3 is 19.9 Å². The van der Waals surface area contributed by atoms with Crippen molar-refractivity contribution in [1.82, 2.24) is 15.3 Å². The van der Waals surface area contributed by atoms with Gasteiger partial charge in [-0.25, -0.2) is 19.2 Å². The first-order chi connectivity index (χ1) is 14.9. The summed E-state index contributed by atoms with van der Waals surface area (Å²) in [7, 11) is 0. The summed E-state index contributed by atoms with van der Waals surface area (Å²) in [6.07, 6.45) is 2.57. The second kappa shape index (κ2) is 8.75. The van der Waals surface area contributed by atoms with Crippen LogP contribution < -0.4 is 20.0 Å². The van der Waals surface area contributed by atoms with Crippen molar-refractivity contribution in [3.63, 3.8) is 0 Å². The highest BCUT2D eigenvalue weighted by atomic mass is 19.1. The molecule has 2 amide bonds. The predicted octanol–water partition coefficient (Wildman–Crippen LogP) is 1.71. The van der Waals surface area contributed by atoms with Gasteiger partial charge in [0, 0.05) is 45.5 Å². The van der Waals surface area contributed by atoms with E-state index in [9.17, 15) is 14.0 Å². The van der Waals surface area contributed by atoms with E-state index in [-0.39, 0.29) is 19.0 Å². The maximum absolute atomic E-state index is 14.9. The van der Waals surface area contributed by atoms with E-state index in [4.69, 9.17) is 4.74 Å². The van der Waals surface area contributed by atoms with Crippen LogP contribution in [0, 0.1) is 12.7 Å². The number of ether oxygens (including phenoxy) is 1. The van der Waals surface area contributed by atoms with Crippen molar-refractivity contribution in [2.75, 3.05) is 54.0 Å². The Bertz CT molecular complexity index is 962. The largest absolute Gasteiger partial charge is 0.442 e. The number of anilines is 3. The number of cyclic esters (lactones) is 1. The molecule has 9 nitrogen and oxygen atoms in total. The lowest BCUT2D eigenvalue weighted by atomic mass is 10.2. The minimum atomic E-state index is -0.547. The van der Waals surface area contributed by atoms with Crippen LogP contribution in [0.4, 0.5) is 26.5 Å². The highest BCUT2D eigenvalue weighted by molar-refractivity contribution is 5.90. The lowest BCUT2D eigenvalue weighted by Gasteiger charge is -2.36. The summed E-state index contributed by atoms with van der Waals surface area (Å²) in [5.74, 6) is 0.0945. The Morgan fingerprint density at radius 1 is 1.19 bits per heavy atom. The molecule has 1 atom stereocenters. The molecule has 10 heteroatoms. The van der Waals surface area contributed by atoms with Gasteiger partial charge in [-0.05, 0) is 30.7 Å². The minimum absolute atomic E-state index is 0.195. The molecule has 0 aliphatic carbocycles. The third-order valence-corrected chi connectivity index (χ3v) is 5.37. The number of aryl methyl sites for hydroxylation is 1. The lowest BCUT2D eigenvalue weighted by molar-refractivity contribution is -0.119. The van der Waals surface area contributed by atoms with Gasteiger partial charge in [-0.15, -0.1) is 0 Å². The molecule has 1 aromatic heterocycles. The summed E-state index contributed by atoms with van der Waals surface area (Å²) < 4.78 is 20.2. The van der Waals surface area contributed by atoms with Gasteiger partial charge in [0.1, 0.15) is 11.9 Å². The molecule has 1 unspecified atom stereocenters. The van der Waals surface area contributed by atoms with E-state index in [1.54, 1.807) is 24.5 Å². The molecule has 2 saturated heterocycles. The zero-order valence-corrected chi connectivity index (χ0v) is 17.5. The standard InChI is InChI=1S/C21H25FN6O3/c1-14-10-24-20(25-11-14)27-7-5-26(6-8-27)19-4-3-16(9-18(19)22)28-13-17(31-21(28)30)12-23-15(2)29/h3-4,9-11,17H,5-8,12-13H2,1-2H3,(H,23,29). The zero-order valence-electron chi connectivity index (χ0n) is 17.5. The van der Waals surface area contributed by atoms with Gasteiger partial charge in [0.2, 0.25) is 11.9 Å². The lowest BCUT2D eigenvalue weighted by Crippen LogP contribution is -2.47. The third kappa shape index (κ3) is 4.68. The van der Waals surface area contributed by atoms with E-state index in [1.807, 2.05) is 11.8 Å². The van der Waals surface area contributed by atoms with Gasteiger partial charge in [-0.1, -0.05) is 0 Å². The fourth-order valence-electron chi connectivity index (χ4n) is 3.71. The number of piperazine rings is 1. The fourth-order valence-corrected chi connectivity index (χ4v) is 3.71. The summed E-state index contributed by atoms with van der Waals surface area (Å²) in [6, 6.07) is 4.76. The van der Waals surface area contributed by atoms with Crippen molar-refractivity contribution < 1.29 is 18.7 Å². The number of benzene rings is 1. The zero-order chi connectivity index (χ0) is 22.0. The maximum atomic E-state index is 14.9. The second-order valence-corrected chi connectivity index (χ2v) is 7.72. The number of aromatic nitrogens is 2. The highest BCUT2D eigenvalue weighted by Crippen LogP contribution is 2.28. The van der Waals surface area contributed by atoms with Crippen LogP contribution >= 0.6 is 0 Å². The van der Waals surface area contributed by atoms with Crippen LogP contribution in [0.15, 0.2) is 30.6 Å². The first-order valence-electron chi connectivity index (χ1n) is 10.2. The molecule has 1 N–H and O–H groups in total. The number of amides is 2. The van der Waals surface area contributed by atoms with E-state index in [0.717, 1.165) is 5.56 Å². The smallest absolute Gasteiger partial charge is 0.414 e. The number of rotatable bonds is 5. The molecule has 2 aliphatic rings. The third-order valence-electron chi connectivity index (χ3n) is 5.37. The number of nitrogens with one attached hydrogen (secondary N) is 1. The fraction of sp³-hybridized carbons (Fsp3) is 0.429. The number of hydrogen-bond acceptors (Lipinski definition) is 7. The molecule has 2 aromatic rings. The van der Waals surface area contributed by atoms with Crippen LogP contribution in [0.3, 0.4) is 0 Å². The molecular formula is C21H25FN6O3. The van der Waals surface area contributed by atoms with Gasteiger partial charge in [0.05, 0.1) is 24.5 Å². The number of carbonyl (C=O) groups excluding carboxylic acids is 2. The Morgan fingerprint density at radius 3 is 2.52 bits per heavy atom. The summed E-state index contributed by atoms with van der Waals surface area (Å²) >= 11 is 0. The highest BCUT2D eigenvalue weighted by Gasteiger charge is 2.33. The molecule has 164 valence electrons. The second-order valence-electron chi connectivity index (χ2n) is 7.72. The summed E-state index contributed by atoms with van der Waals surface area (Å²) in [6.45, 7) is 6.48. The molecule has 1 aromatic carbocycles. The van der Waals surface area contributed by atoms with E-state index in [1.165, 1.54) is 17.9 Å². The summed E-state index contributed by atoms with van der Waals surface area (Å²) in [5, 5.41) is 2.63. The Balaban J connectivity index is 1.38. The van der Waals surface area contributed by atoms with Gasteiger partial charge >= 0.3 is 6.09 Å². The van der Waals surface area contributed by atoms with Crippen molar-refractivity contribution in [2.24, 2.45) is 0 Å². The van der Waals surface area contributed by atoms with Crippen LogP contribution in [0.2, 0.25) is 0 Å². The molecule has 4 rings (SSSR count). The Kier molecular flexibility index (Phi) is 5.88. The molecular weight excluding hydrogens is 403 g/mol. The molecule has 31 heavy (non-hydrogen) atoms. The van der Waals surface area contributed by atoms with Crippen LogP contribution in [0.1, 0.15) is 12.5 Å². The van der Waals surface area contributed by atoms with E-state index < -0.39 is 18.0 Å². The SMILES string of the molecule is CC(=O)NCC1CN(c2ccc(N3CCN(c4ncc(C)cn4)CC3)c(F)c2)C(=O)O1. The van der Waals surface area contributed by atoms with E-state index >= 15 is 0 Å². The first-order valence-corrected chi connectivity index (χ1v) is 10.2. The van der Waals surface area contributed by atoms with Crippen molar-refractivity contribution >= 4 is 29.3 Å². The maximum Gasteiger partial charge on any atom is 0.414 e. The summed E-state index contributed by atoms with van der Waals surface area (Å²) in [5.41, 5.74) is 1.94. The van der Waals surface area contributed by atoms with Gasteiger partial charge in [-0.2, -0.15) is 0 Å². The molecule has 2 fully saturated rings. The van der Waals surface area contributed by atoms with Crippen molar-refractivity contribution in [3.8, 4) is 0 Å². The molecule has 0 radical (unpaired) electrons. The van der Waals surface area contributed by atoms with E-state index in [0.29, 0.717) is 43.5 Å². The average Bonchev–Trinajstić information content (AvgIpc) is 3.13. The Hall–Kier alpha value is -3.43. The Morgan fingerprint density at radius 2 is 1.87 bits per heavy atom. The van der Waals surface area contributed by atoms with Crippen LogP contribution in [-0.4, -0.2) is 67.3 Å². The van der Waals surface area contributed by atoms with Gasteiger partial charge in [0.25, 0.3) is 0 Å². The van der Waals surface area contributed by atoms with Crippen molar-refractivity contribution in [1.29, 1.82) is 0 Å². The predicted molar refractivity (Wildman–Crippen MR) is 114 cm³/mol. The molecule has 2 aliphatic heterocycles. The van der Waals surface area contributed by atoms with Gasteiger partial charge in [-0.3, -0.25) is 9.69 Å². The molecule has 0 saturated carbocycles. The van der Waals surface area contributed by atoms with Crippen molar-refractivity contribution in [2.45, 2.75) is 20.0 Å². The molecule has 0 bridgehead atoms. The van der Waals surface area contributed by atoms with Crippen molar-refractivity contribution in [3.05, 3.63) is 42.0 Å². The topological polar surface area (TPSA) is 90.9 Å². The number of hydrogen-bond donors (Lipinski definition) is 1. The minimum Gasteiger partial charge on any atom is -0.442 e. The average molecular weight is 428 g/mol. The molecule has 3 heterocycles. The van der Waals surface area contributed by atoms with E-state index in [2.05, 4.69) is 20.2 Å². The summed E-state index contributed by atoms with van der Waals surface area (Å²) in [4.78, 5) is 37.4. The molecule has 0 spiro atoms. The number of halogens is 1. The quantitative estimate of drug-likeness (QED) is 0.775. The normalized spacial score (nSPS) is 18.9. The van der Waals surface area contributed by atoms with Gasteiger partial charge in [0.15, 0.2) is 0 Å². The Labute approximate surface area is 179 Å². The first kappa shape index (κ1) is 20.8. The number of carbonyl (C=O) groups is 2. The van der Waals surface area contributed by atoms with Crippen LogP contribution in [0.25, 0.3) is 0 Å². The monoisotopic (exact) mass is 428 g/mol. The van der Waals surface area contributed by atoms with Crippen LogP contribution in [0.5, 0.6) is 0 Å².